The van der Waals surface area contributed by atoms with Gasteiger partial charge in [0.1, 0.15) is 0 Å². The highest BCUT2D eigenvalue weighted by Crippen LogP contribution is 2.23. The average molecular weight is 322 g/mol. The molecule has 1 nitrogen and oxygen atoms in total. The summed E-state index contributed by atoms with van der Waals surface area (Å²) < 4.78 is 1.15. The molecule has 76 valence electrons. The fourth-order valence-electron chi connectivity index (χ4n) is 1.04. The Morgan fingerprint density at radius 3 is 2.86 bits per heavy atom. The molecule has 0 amide bonds. The van der Waals surface area contributed by atoms with Crippen LogP contribution in [0.1, 0.15) is 13.3 Å². The van der Waals surface area contributed by atoms with E-state index < -0.39 is 0 Å². The minimum absolute atomic E-state index is 0.776. The first-order valence-corrected chi connectivity index (χ1v) is 5.88. The fourth-order valence-corrected chi connectivity index (χ4v) is 1.97. The lowest BCUT2D eigenvalue weighted by Crippen LogP contribution is -2.02. The van der Waals surface area contributed by atoms with E-state index in [1.54, 1.807) is 0 Å². The number of benzene rings is 1. The average Bonchev–Trinajstić information content (AvgIpc) is 2.08. The third-order valence-corrected chi connectivity index (χ3v) is 2.78. The monoisotopic (exact) mass is 321 g/mol. The Hall–Kier alpha value is -0.220. The van der Waals surface area contributed by atoms with Gasteiger partial charge in [-0.15, -0.1) is 6.58 Å². The third-order valence-electron chi connectivity index (χ3n) is 1.80. The molecule has 0 unspecified atom stereocenters. The quantitative estimate of drug-likeness (QED) is 0.643. The molecular weight excluding hydrogens is 308 g/mol. The summed E-state index contributed by atoms with van der Waals surface area (Å²) in [5.41, 5.74) is 2.17. The van der Waals surface area contributed by atoms with Gasteiger partial charge in [0.2, 0.25) is 0 Å². The highest BCUT2D eigenvalue weighted by molar-refractivity contribution is 14.1. The number of hydrogen-bond acceptors (Lipinski definition) is 1. The molecule has 0 aromatic heterocycles. The van der Waals surface area contributed by atoms with Crippen molar-refractivity contribution in [3.8, 4) is 0 Å². The molecule has 1 rings (SSSR count). The normalized spacial score (nSPS) is 9.93. The first-order chi connectivity index (χ1) is 6.59. The second-order valence-corrected chi connectivity index (χ2v) is 4.91. The third kappa shape index (κ3) is 3.88. The molecule has 1 N–H and O–H groups in total. The van der Waals surface area contributed by atoms with Crippen LogP contribution in [0.15, 0.2) is 30.4 Å². The van der Waals surface area contributed by atoms with Crippen LogP contribution < -0.4 is 5.32 Å². The van der Waals surface area contributed by atoms with Crippen molar-refractivity contribution in [2.24, 2.45) is 0 Å². The van der Waals surface area contributed by atoms with Gasteiger partial charge in [-0.2, -0.15) is 0 Å². The summed E-state index contributed by atoms with van der Waals surface area (Å²) in [4.78, 5) is 0. The van der Waals surface area contributed by atoms with Crippen LogP contribution in [0.3, 0.4) is 0 Å². The summed E-state index contributed by atoms with van der Waals surface area (Å²) in [6.45, 7) is 6.76. The van der Waals surface area contributed by atoms with E-state index in [9.17, 15) is 0 Å². The van der Waals surface area contributed by atoms with Gasteiger partial charge in [0, 0.05) is 10.1 Å². The van der Waals surface area contributed by atoms with Crippen molar-refractivity contribution in [1.82, 2.24) is 0 Å². The molecule has 0 bridgehead atoms. The zero-order valence-electron chi connectivity index (χ0n) is 8.11. The molecule has 1 aromatic carbocycles. The lowest BCUT2D eigenvalue weighted by molar-refractivity contribution is 1.00. The Morgan fingerprint density at radius 1 is 1.57 bits per heavy atom. The van der Waals surface area contributed by atoms with Crippen LogP contribution in [0, 0.1) is 3.57 Å². The predicted octanol–water partition coefficient (Wildman–Crippen LogP) is 4.32. The molecule has 0 atom stereocenters. The maximum Gasteiger partial charge on any atom is 0.0648 e. The summed E-state index contributed by atoms with van der Waals surface area (Å²) in [5.74, 6) is 0. The van der Waals surface area contributed by atoms with Gasteiger partial charge in [-0.05, 0) is 54.1 Å². The van der Waals surface area contributed by atoms with E-state index in [-0.39, 0.29) is 0 Å². The van der Waals surface area contributed by atoms with E-state index >= 15 is 0 Å². The summed E-state index contributed by atoms with van der Waals surface area (Å²) in [6, 6.07) is 5.99. The highest BCUT2D eigenvalue weighted by atomic mass is 127. The lowest BCUT2D eigenvalue weighted by atomic mass is 10.2. The van der Waals surface area contributed by atoms with E-state index in [0.717, 1.165) is 27.2 Å². The molecule has 0 heterocycles. The lowest BCUT2D eigenvalue weighted by Gasteiger charge is -2.08. The van der Waals surface area contributed by atoms with Crippen molar-refractivity contribution in [3.05, 3.63) is 38.9 Å². The summed E-state index contributed by atoms with van der Waals surface area (Å²) in [5, 5.41) is 4.05. The molecule has 0 spiro atoms. The summed E-state index contributed by atoms with van der Waals surface area (Å²) >= 11 is 8.30. The van der Waals surface area contributed by atoms with Gasteiger partial charge >= 0.3 is 0 Å². The highest BCUT2D eigenvalue weighted by Gasteiger charge is 1.99. The summed E-state index contributed by atoms with van der Waals surface area (Å²) in [7, 11) is 0. The minimum Gasteiger partial charge on any atom is -0.384 e. The van der Waals surface area contributed by atoms with Crippen molar-refractivity contribution in [3.63, 3.8) is 0 Å². The van der Waals surface area contributed by atoms with Crippen molar-refractivity contribution in [2.75, 3.05) is 11.9 Å². The standard InChI is InChI=1S/C11H13ClIN/c1-8(2)5-6-14-11-4-3-9(13)7-10(11)12/h3-4,7,14H,1,5-6H2,2H3. The van der Waals surface area contributed by atoms with Crippen molar-refractivity contribution >= 4 is 39.9 Å². The Kier molecular flexibility index (Phi) is 4.75. The zero-order valence-corrected chi connectivity index (χ0v) is 11.0. The summed E-state index contributed by atoms with van der Waals surface area (Å²) in [6.07, 6.45) is 0.975. The second-order valence-electron chi connectivity index (χ2n) is 3.26. The molecule has 1 aromatic rings. The van der Waals surface area contributed by atoms with Crippen molar-refractivity contribution in [2.45, 2.75) is 13.3 Å². The molecule has 0 saturated heterocycles. The Balaban J connectivity index is 2.55. The van der Waals surface area contributed by atoms with E-state index in [1.165, 1.54) is 5.57 Å². The molecular formula is C11H13ClIN. The zero-order chi connectivity index (χ0) is 10.6. The molecule has 0 fully saturated rings. The number of rotatable bonds is 4. The molecule has 14 heavy (non-hydrogen) atoms. The van der Waals surface area contributed by atoms with Crippen LogP contribution in [-0.4, -0.2) is 6.54 Å². The number of anilines is 1. The van der Waals surface area contributed by atoms with Crippen LogP contribution in [0.25, 0.3) is 0 Å². The van der Waals surface area contributed by atoms with Gasteiger partial charge < -0.3 is 5.32 Å². The van der Waals surface area contributed by atoms with Crippen LogP contribution in [0.2, 0.25) is 5.02 Å². The SMILES string of the molecule is C=C(C)CCNc1ccc(I)cc1Cl. The molecule has 0 aliphatic carbocycles. The van der Waals surface area contributed by atoms with E-state index in [0.29, 0.717) is 0 Å². The van der Waals surface area contributed by atoms with Gasteiger partial charge in [0.15, 0.2) is 0 Å². The number of hydrogen-bond donors (Lipinski definition) is 1. The molecule has 0 aliphatic heterocycles. The molecule has 0 aliphatic rings. The van der Waals surface area contributed by atoms with Crippen LogP contribution >= 0.6 is 34.2 Å². The Morgan fingerprint density at radius 2 is 2.29 bits per heavy atom. The van der Waals surface area contributed by atoms with Gasteiger partial charge in [0.25, 0.3) is 0 Å². The van der Waals surface area contributed by atoms with E-state index in [2.05, 4.69) is 34.5 Å². The van der Waals surface area contributed by atoms with Crippen molar-refractivity contribution < 1.29 is 0 Å². The Bertz CT molecular complexity index is 336. The van der Waals surface area contributed by atoms with Gasteiger partial charge in [-0.3, -0.25) is 0 Å². The van der Waals surface area contributed by atoms with E-state index in [1.807, 2.05) is 25.1 Å². The Labute approximate surface area is 104 Å². The van der Waals surface area contributed by atoms with Gasteiger partial charge in [-0.25, -0.2) is 0 Å². The predicted molar refractivity (Wildman–Crippen MR) is 72.1 cm³/mol. The number of nitrogens with one attached hydrogen (secondary N) is 1. The first-order valence-electron chi connectivity index (χ1n) is 4.43. The molecule has 3 heteroatoms. The van der Waals surface area contributed by atoms with Gasteiger partial charge in [0.05, 0.1) is 10.7 Å². The smallest absolute Gasteiger partial charge is 0.0648 e. The maximum atomic E-state index is 6.06. The van der Waals surface area contributed by atoms with E-state index in [4.69, 9.17) is 11.6 Å². The van der Waals surface area contributed by atoms with Crippen LogP contribution in [0.5, 0.6) is 0 Å². The fraction of sp³-hybridized carbons (Fsp3) is 0.273. The van der Waals surface area contributed by atoms with Crippen LogP contribution in [-0.2, 0) is 0 Å². The first kappa shape index (κ1) is 11.9. The largest absolute Gasteiger partial charge is 0.384 e. The van der Waals surface area contributed by atoms with Crippen molar-refractivity contribution in [1.29, 1.82) is 0 Å². The maximum absolute atomic E-state index is 6.06. The topological polar surface area (TPSA) is 12.0 Å². The molecule has 0 saturated carbocycles. The van der Waals surface area contributed by atoms with Gasteiger partial charge in [-0.1, -0.05) is 17.2 Å². The van der Waals surface area contributed by atoms with Crippen LogP contribution in [0.4, 0.5) is 5.69 Å². The molecule has 0 radical (unpaired) electrons. The number of halogens is 2. The second kappa shape index (κ2) is 5.61. The minimum atomic E-state index is 0.776.